The fourth-order valence-electron chi connectivity index (χ4n) is 4.83. The number of ether oxygens (including phenoxy) is 3. The molecule has 4 aromatic rings. The van der Waals surface area contributed by atoms with Crippen molar-refractivity contribution in [3.05, 3.63) is 125 Å². The van der Waals surface area contributed by atoms with Crippen LogP contribution in [0.2, 0.25) is 0 Å². The number of benzene rings is 4. The molecule has 5 rings (SSSR count). The van der Waals surface area contributed by atoms with E-state index < -0.39 is 0 Å². The van der Waals surface area contributed by atoms with Gasteiger partial charge in [0, 0.05) is 31.4 Å². The third kappa shape index (κ3) is 7.97. The maximum Gasteiger partial charge on any atom is 0.259 e. The number of nitrogens with zero attached hydrogens (tertiary/aromatic N) is 1. The molecule has 1 amide bonds. The lowest BCUT2D eigenvalue weighted by atomic mass is 9.98. The molecular weight excluding hydrogens is 512 g/mol. The second-order valence-electron chi connectivity index (χ2n) is 10.6. The summed E-state index contributed by atoms with van der Waals surface area (Å²) in [6.45, 7) is 9.28. The van der Waals surface area contributed by atoms with E-state index in [4.69, 9.17) is 14.2 Å². The smallest absolute Gasteiger partial charge is 0.259 e. The molecule has 212 valence electrons. The van der Waals surface area contributed by atoms with Crippen molar-refractivity contribution in [1.29, 1.82) is 0 Å². The van der Waals surface area contributed by atoms with E-state index in [2.05, 4.69) is 36.2 Å². The molecule has 6 nitrogen and oxygen atoms in total. The van der Waals surface area contributed by atoms with Gasteiger partial charge in [0.1, 0.15) is 24.7 Å². The van der Waals surface area contributed by atoms with E-state index in [0.29, 0.717) is 24.5 Å². The zero-order chi connectivity index (χ0) is 28.4. The normalized spacial score (nSPS) is 13.6. The van der Waals surface area contributed by atoms with E-state index in [-0.39, 0.29) is 11.8 Å². The van der Waals surface area contributed by atoms with Crippen LogP contribution >= 0.6 is 0 Å². The Bertz CT molecular complexity index is 1400. The van der Waals surface area contributed by atoms with E-state index in [1.165, 1.54) is 5.56 Å². The first-order valence-corrected chi connectivity index (χ1v) is 14.3. The van der Waals surface area contributed by atoms with Crippen LogP contribution in [0.1, 0.15) is 52.4 Å². The molecule has 1 aliphatic rings. The number of amides is 1. The third-order valence-corrected chi connectivity index (χ3v) is 7.17. The van der Waals surface area contributed by atoms with E-state index in [1.807, 2.05) is 84.9 Å². The topological polar surface area (TPSA) is 60.0 Å². The van der Waals surface area contributed by atoms with Crippen molar-refractivity contribution in [3.63, 3.8) is 0 Å². The SMILES string of the molecule is CC(C)c1cc(C(=O)Nc2ccc(CN3CCOCC3)cc2)c(OCc2ccccc2)cc1OCc1ccccc1. The van der Waals surface area contributed by atoms with Gasteiger partial charge in [-0.1, -0.05) is 86.6 Å². The second-order valence-corrected chi connectivity index (χ2v) is 10.6. The number of carbonyl (C=O) groups excluding carboxylic acids is 1. The molecule has 0 atom stereocenters. The Labute approximate surface area is 242 Å². The number of hydrogen-bond donors (Lipinski definition) is 1. The first-order chi connectivity index (χ1) is 20.0. The Hall–Kier alpha value is -4.13. The van der Waals surface area contributed by atoms with E-state index in [9.17, 15) is 4.79 Å². The highest BCUT2D eigenvalue weighted by Crippen LogP contribution is 2.35. The minimum atomic E-state index is -0.217. The maximum absolute atomic E-state index is 13.7. The number of hydrogen-bond acceptors (Lipinski definition) is 5. The van der Waals surface area contributed by atoms with Gasteiger partial charge in [0.05, 0.1) is 18.8 Å². The summed E-state index contributed by atoms with van der Waals surface area (Å²) >= 11 is 0. The summed E-state index contributed by atoms with van der Waals surface area (Å²) in [5, 5.41) is 3.08. The van der Waals surface area contributed by atoms with Crippen LogP contribution in [0.5, 0.6) is 11.5 Å². The minimum Gasteiger partial charge on any atom is -0.488 e. The predicted octanol–water partition coefficient (Wildman–Crippen LogP) is 7.05. The van der Waals surface area contributed by atoms with Crippen molar-refractivity contribution in [2.24, 2.45) is 0 Å². The van der Waals surface area contributed by atoms with Gasteiger partial charge in [0.15, 0.2) is 0 Å². The quantitative estimate of drug-likeness (QED) is 0.217. The largest absolute Gasteiger partial charge is 0.488 e. The molecule has 0 spiro atoms. The number of rotatable bonds is 11. The molecule has 0 saturated carbocycles. The van der Waals surface area contributed by atoms with Crippen molar-refractivity contribution in [1.82, 2.24) is 4.90 Å². The lowest BCUT2D eigenvalue weighted by Crippen LogP contribution is -2.35. The molecule has 41 heavy (non-hydrogen) atoms. The van der Waals surface area contributed by atoms with E-state index in [1.54, 1.807) is 0 Å². The van der Waals surface area contributed by atoms with Crippen LogP contribution in [0.3, 0.4) is 0 Å². The molecule has 0 aliphatic carbocycles. The molecule has 1 heterocycles. The fraction of sp³-hybridized carbons (Fsp3) is 0.286. The maximum atomic E-state index is 13.7. The van der Waals surface area contributed by atoms with Gasteiger partial charge < -0.3 is 19.5 Å². The van der Waals surface area contributed by atoms with Crippen LogP contribution in [0.15, 0.2) is 97.1 Å². The van der Waals surface area contributed by atoms with Crippen molar-refractivity contribution < 1.29 is 19.0 Å². The van der Waals surface area contributed by atoms with Gasteiger partial charge in [-0.2, -0.15) is 0 Å². The number of carbonyl (C=O) groups is 1. The molecular formula is C35H38N2O4. The van der Waals surface area contributed by atoms with Crippen LogP contribution in [0, 0.1) is 0 Å². The third-order valence-electron chi connectivity index (χ3n) is 7.17. The molecule has 1 fully saturated rings. The highest BCUT2D eigenvalue weighted by Gasteiger charge is 2.20. The Kier molecular flexibility index (Phi) is 9.68. The Morgan fingerprint density at radius 3 is 1.95 bits per heavy atom. The molecule has 1 N–H and O–H groups in total. The highest BCUT2D eigenvalue weighted by molar-refractivity contribution is 6.06. The summed E-state index contributed by atoms with van der Waals surface area (Å²) in [5.74, 6) is 1.14. The number of nitrogens with one attached hydrogen (secondary N) is 1. The Morgan fingerprint density at radius 1 is 0.780 bits per heavy atom. The van der Waals surface area contributed by atoms with Gasteiger partial charge in [-0.05, 0) is 46.4 Å². The van der Waals surface area contributed by atoms with Gasteiger partial charge in [-0.15, -0.1) is 0 Å². The zero-order valence-corrected chi connectivity index (χ0v) is 23.8. The molecule has 0 bridgehead atoms. The molecule has 1 saturated heterocycles. The first-order valence-electron chi connectivity index (χ1n) is 14.3. The fourth-order valence-corrected chi connectivity index (χ4v) is 4.83. The number of anilines is 1. The van der Waals surface area contributed by atoms with Gasteiger partial charge in [-0.3, -0.25) is 9.69 Å². The predicted molar refractivity (Wildman–Crippen MR) is 163 cm³/mol. The summed E-state index contributed by atoms with van der Waals surface area (Å²) in [6.07, 6.45) is 0. The van der Waals surface area contributed by atoms with Crippen LogP contribution in [0.25, 0.3) is 0 Å². The summed E-state index contributed by atoms with van der Waals surface area (Å²) in [6, 6.07) is 31.8. The van der Waals surface area contributed by atoms with Crippen molar-refractivity contribution in [3.8, 4) is 11.5 Å². The van der Waals surface area contributed by atoms with Crippen molar-refractivity contribution in [2.45, 2.75) is 39.5 Å². The van der Waals surface area contributed by atoms with Crippen molar-refractivity contribution in [2.75, 3.05) is 31.6 Å². The lowest BCUT2D eigenvalue weighted by Gasteiger charge is -2.26. The van der Waals surface area contributed by atoms with Gasteiger partial charge >= 0.3 is 0 Å². The number of morpholine rings is 1. The molecule has 0 unspecified atom stereocenters. The van der Waals surface area contributed by atoms with Crippen LogP contribution in [-0.4, -0.2) is 37.1 Å². The van der Waals surface area contributed by atoms with Gasteiger partial charge in [0.2, 0.25) is 0 Å². The summed E-state index contributed by atoms with van der Waals surface area (Å²) in [4.78, 5) is 16.0. The zero-order valence-electron chi connectivity index (χ0n) is 23.8. The Balaban J connectivity index is 1.37. The van der Waals surface area contributed by atoms with Crippen molar-refractivity contribution >= 4 is 11.6 Å². The monoisotopic (exact) mass is 550 g/mol. The molecule has 0 radical (unpaired) electrons. The van der Waals surface area contributed by atoms with Crippen LogP contribution < -0.4 is 14.8 Å². The Morgan fingerprint density at radius 2 is 1.37 bits per heavy atom. The summed E-state index contributed by atoms with van der Waals surface area (Å²) < 4.78 is 18.0. The summed E-state index contributed by atoms with van der Waals surface area (Å²) in [5.41, 5.74) is 5.49. The van der Waals surface area contributed by atoms with E-state index in [0.717, 1.165) is 61.0 Å². The first kappa shape index (κ1) is 28.4. The molecule has 1 aliphatic heterocycles. The van der Waals surface area contributed by atoms with Gasteiger partial charge in [0.25, 0.3) is 5.91 Å². The molecule has 6 heteroatoms. The van der Waals surface area contributed by atoms with Crippen LogP contribution in [0.4, 0.5) is 5.69 Å². The summed E-state index contributed by atoms with van der Waals surface area (Å²) in [7, 11) is 0. The van der Waals surface area contributed by atoms with Gasteiger partial charge in [-0.25, -0.2) is 0 Å². The highest BCUT2D eigenvalue weighted by atomic mass is 16.5. The minimum absolute atomic E-state index is 0.148. The molecule has 4 aromatic carbocycles. The molecule has 0 aromatic heterocycles. The average Bonchev–Trinajstić information content (AvgIpc) is 3.01. The van der Waals surface area contributed by atoms with Crippen LogP contribution in [-0.2, 0) is 24.5 Å². The average molecular weight is 551 g/mol. The standard InChI is InChI=1S/C35H38N2O4/c1-26(2)31-21-32(35(38)36-30-15-13-27(14-16-30)23-37-17-19-39-20-18-37)34(41-25-29-11-7-4-8-12-29)22-33(31)40-24-28-9-5-3-6-10-28/h3-16,21-22,26H,17-20,23-25H2,1-2H3,(H,36,38). The second kappa shape index (κ2) is 14.0. The van der Waals surface area contributed by atoms with E-state index >= 15 is 0 Å². The lowest BCUT2D eigenvalue weighted by molar-refractivity contribution is 0.0342.